The van der Waals surface area contributed by atoms with E-state index in [9.17, 15) is 17.6 Å². The van der Waals surface area contributed by atoms with Crippen LogP contribution < -0.4 is 0 Å². The van der Waals surface area contributed by atoms with Crippen LogP contribution in [0.15, 0.2) is 30.3 Å². The van der Waals surface area contributed by atoms with Crippen LogP contribution in [-0.2, 0) is 0 Å². The molecule has 0 radical (unpaired) electrons. The lowest BCUT2D eigenvalue weighted by atomic mass is 9.76. The molecule has 0 N–H and O–H groups in total. The van der Waals surface area contributed by atoms with Crippen LogP contribution in [0, 0.1) is 35.1 Å². The molecule has 0 bridgehead atoms. The second-order valence-corrected chi connectivity index (χ2v) is 13.9. The zero-order chi connectivity index (χ0) is 23.4. The smallest absolute Gasteiger partial charge is 0.194 e. The van der Waals surface area contributed by atoms with E-state index in [1.165, 1.54) is 57.1 Å². The van der Waals surface area contributed by atoms with E-state index in [1.807, 2.05) is 6.07 Å². The monoisotopic (exact) mass is 476 g/mol. The Labute approximate surface area is 197 Å². The molecule has 2 aliphatic rings. The van der Waals surface area contributed by atoms with Crippen molar-refractivity contribution in [2.75, 3.05) is 0 Å². The van der Waals surface area contributed by atoms with Crippen LogP contribution in [0.4, 0.5) is 17.6 Å². The summed E-state index contributed by atoms with van der Waals surface area (Å²) in [7, 11) is -0.387. The van der Waals surface area contributed by atoms with Crippen LogP contribution in [-0.4, -0.2) is 8.80 Å². The second kappa shape index (κ2) is 11.2. The summed E-state index contributed by atoms with van der Waals surface area (Å²) in [5, 5.41) is 0. The van der Waals surface area contributed by atoms with E-state index in [0.717, 1.165) is 42.4 Å². The van der Waals surface area contributed by atoms with E-state index < -0.39 is 23.3 Å². The fraction of sp³-hybridized carbons (Fsp3) is 0.571. The van der Waals surface area contributed by atoms with Gasteiger partial charge in [-0.2, -0.15) is 0 Å². The van der Waals surface area contributed by atoms with Gasteiger partial charge in [-0.05, 0) is 72.8 Å². The molecule has 2 aromatic carbocycles. The van der Waals surface area contributed by atoms with Gasteiger partial charge in [0, 0.05) is 14.4 Å². The first-order chi connectivity index (χ1) is 15.9. The number of benzene rings is 2. The van der Waals surface area contributed by atoms with Crippen LogP contribution in [0.1, 0.15) is 76.2 Å². The molecule has 180 valence electrons. The predicted molar refractivity (Wildman–Crippen MR) is 130 cm³/mol. The highest BCUT2D eigenvalue weighted by Gasteiger charge is 2.26. The first-order valence-corrected chi connectivity index (χ1v) is 15.3. The fourth-order valence-corrected chi connectivity index (χ4v) is 9.77. The molecule has 1 saturated heterocycles. The third kappa shape index (κ3) is 6.09. The molecule has 5 heteroatoms. The Kier molecular flexibility index (Phi) is 8.32. The zero-order valence-electron chi connectivity index (χ0n) is 19.7. The largest absolute Gasteiger partial charge is 0.206 e. The Hall–Kier alpha value is -1.62. The highest BCUT2D eigenvalue weighted by atomic mass is 28.3. The van der Waals surface area contributed by atoms with Crippen LogP contribution in [0.25, 0.3) is 11.1 Å². The van der Waals surface area contributed by atoms with E-state index in [0.29, 0.717) is 5.92 Å². The molecule has 1 saturated carbocycles. The van der Waals surface area contributed by atoms with E-state index in [4.69, 9.17) is 0 Å². The van der Waals surface area contributed by atoms with Crippen molar-refractivity contribution >= 4 is 8.80 Å². The van der Waals surface area contributed by atoms with Crippen molar-refractivity contribution in [3.05, 3.63) is 59.2 Å². The van der Waals surface area contributed by atoms with Crippen molar-refractivity contribution in [1.82, 2.24) is 0 Å². The van der Waals surface area contributed by atoms with Crippen molar-refractivity contribution in [3.63, 3.8) is 0 Å². The Morgan fingerprint density at radius 2 is 1.36 bits per heavy atom. The van der Waals surface area contributed by atoms with Gasteiger partial charge in [-0.15, -0.1) is 0 Å². The average Bonchev–Trinajstić information content (AvgIpc) is 2.82. The molecule has 1 heterocycles. The zero-order valence-corrected chi connectivity index (χ0v) is 20.8. The SMILES string of the molecule is CCC[SiH]1CCC(CCC2CCC(c3ccc(-c4cc(F)c(F)c(F)c4)c(F)c3)CC2)CC1. The number of hydrogen-bond donors (Lipinski definition) is 0. The molecule has 2 aromatic rings. The molecular formula is C28H36F4Si. The van der Waals surface area contributed by atoms with Crippen molar-refractivity contribution in [3.8, 4) is 11.1 Å². The molecule has 0 atom stereocenters. The highest BCUT2D eigenvalue weighted by Crippen LogP contribution is 2.40. The molecule has 33 heavy (non-hydrogen) atoms. The Morgan fingerprint density at radius 1 is 0.758 bits per heavy atom. The van der Waals surface area contributed by atoms with Gasteiger partial charge in [0.15, 0.2) is 17.5 Å². The summed E-state index contributed by atoms with van der Waals surface area (Å²) in [5.41, 5.74) is 1.07. The minimum atomic E-state index is -1.53. The number of rotatable bonds is 7. The molecular weight excluding hydrogens is 440 g/mol. The standard InChI is InChI=1S/C28H36F4Si/c1-2-13-33-14-11-20(12-15-33)4-3-19-5-7-21(8-6-19)22-9-10-24(25(29)16-22)23-17-26(30)28(32)27(31)18-23/h9-10,16-21,33H,2-8,11-15H2,1H3. The molecule has 1 aliphatic carbocycles. The first-order valence-electron chi connectivity index (χ1n) is 12.9. The van der Waals surface area contributed by atoms with Crippen molar-refractivity contribution in [2.45, 2.75) is 88.8 Å². The molecule has 2 fully saturated rings. The maximum absolute atomic E-state index is 14.8. The summed E-state index contributed by atoms with van der Waals surface area (Å²) in [4.78, 5) is 0. The van der Waals surface area contributed by atoms with E-state index in [-0.39, 0.29) is 19.9 Å². The quantitative estimate of drug-likeness (QED) is 0.212. The summed E-state index contributed by atoms with van der Waals surface area (Å²) in [6.07, 6.45) is 11.6. The van der Waals surface area contributed by atoms with E-state index >= 15 is 0 Å². The lowest BCUT2D eigenvalue weighted by molar-refractivity contribution is 0.280. The lowest BCUT2D eigenvalue weighted by Gasteiger charge is -2.32. The van der Waals surface area contributed by atoms with Gasteiger partial charge < -0.3 is 0 Å². The summed E-state index contributed by atoms with van der Waals surface area (Å²) in [6.45, 7) is 2.33. The summed E-state index contributed by atoms with van der Waals surface area (Å²) in [6, 6.07) is 11.3. The van der Waals surface area contributed by atoms with Gasteiger partial charge in [0.05, 0.1) is 0 Å². The average molecular weight is 477 g/mol. The summed E-state index contributed by atoms with van der Waals surface area (Å²) in [5.74, 6) is -2.57. The molecule has 0 nitrogen and oxygen atoms in total. The Morgan fingerprint density at radius 3 is 1.94 bits per heavy atom. The third-order valence-corrected chi connectivity index (χ3v) is 11.9. The summed E-state index contributed by atoms with van der Waals surface area (Å²) < 4.78 is 55.1. The number of hydrogen-bond acceptors (Lipinski definition) is 0. The Bertz CT molecular complexity index is 904. The molecule has 0 unspecified atom stereocenters. The van der Waals surface area contributed by atoms with Gasteiger partial charge in [-0.1, -0.05) is 69.3 Å². The third-order valence-electron chi connectivity index (χ3n) is 8.25. The van der Waals surface area contributed by atoms with Crippen LogP contribution in [0.3, 0.4) is 0 Å². The van der Waals surface area contributed by atoms with Crippen molar-refractivity contribution < 1.29 is 17.6 Å². The van der Waals surface area contributed by atoms with Crippen LogP contribution in [0.2, 0.25) is 18.1 Å². The van der Waals surface area contributed by atoms with Gasteiger partial charge in [-0.25, -0.2) is 17.6 Å². The second-order valence-electron chi connectivity index (χ2n) is 10.5. The first kappa shape index (κ1) is 24.5. The molecule has 0 spiro atoms. The predicted octanol–water partition coefficient (Wildman–Crippen LogP) is 9.01. The van der Waals surface area contributed by atoms with E-state index in [2.05, 4.69) is 6.92 Å². The van der Waals surface area contributed by atoms with Gasteiger partial charge >= 0.3 is 0 Å². The van der Waals surface area contributed by atoms with Crippen LogP contribution >= 0.6 is 0 Å². The normalized spacial score (nSPS) is 25.8. The minimum Gasteiger partial charge on any atom is -0.206 e. The fourth-order valence-electron chi connectivity index (χ4n) is 6.20. The van der Waals surface area contributed by atoms with Gasteiger partial charge in [0.1, 0.15) is 5.82 Å². The van der Waals surface area contributed by atoms with E-state index in [1.54, 1.807) is 18.2 Å². The topological polar surface area (TPSA) is 0 Å². The maximum atomic E-state index is 14.8. The van der Waals surface area contributed by atoms with Gasteiger partial charge in [0.25, 0.3) is 0 Å². The van der Waals surface area contributed by atoms with Gasteiger partial charge in [0.2, 0.25) is 0 Å². The number of halogens is 4. The molecule has 4 rings (SSSR count). The van der Waals surface area contributed by atoms with Crippen molar-refractivity contribution in [2.24, 2.45) is 11.8 Å². The minimum absolute atomic E-state index is 0.0190. The Balaban J connectivity index is 1.28. The van der Waals surface area contributed by atoms with Crippen LogP contribution in [0.5, 0.6) is 0 Å². The van der Waals surface area contributed by atoms with Gasteiger partial charge in [-0.3, -0.25) is 0 Å². The molecule has 0 aromatic heterocycles. The highest BCUT2D eigenvalue weighted by molar-refractivity contribution is 6.58. The summed E-state index contributed by atoms with van der Waals surface area (Å²) >= 11 is 0. The molecule has 0 amide bonds. The van der Waals surface area contributed by atoms with Crippen molar-refractivity contribution in [1.29, 1.82) is 0 Å². The molecule has 1 aliphatic heterocycles. The lowest BCUT2D eigenvalue weighted by Crippen LogP contribution is -2.22. The maximum Gasteiger partial charge on any atom is 0.194 e.